The van der Waals surface area contributed by atoms with Crippen molar-refractivity contribution in [3.63, 3.8) is 0 Å². The number of aromatic nitrogens is 3. The molecule has 28 heavy (non-hydrogen) atoms. The first-order valence-electron chi connectivity index (χ1n) is 9.72. The normalized spacial score (nSPS) is 15.0. The van der Waals surface area contributed by atoms with Gasteiger partial charge in [0, 0.05) is 47.6 Å². The van der Waals surface area contributed by atoms with Crippen LogP contribution >= 0.6 is 0 Å². The van der Waals surface area contributed by atoms with Gasteiger partial charge in [0.2, 0.25) is 5.91 Å². The summed E-state index contributed by atoms with van der Waals surface area (Å²) in [7, 11) is 0. The molecular weight excluding hydrogens is 352 g/mol. The first-order valence-corrected chi connectivity index (χ1v) is 9.72. The van der Waals surface area contributed by atoms with Gasteiger partial charge >= 0.3 is 0 Å². The van der Waals surface area contributed by atoms with Gasteiger partial charge in [0.25, 0.3) is 5.56 Å². The Morgan fingerprint density at radius 3 is 2.68 bits per heavy atom. The van der Waals surface area contributed by atoms with E-state index < -0.39 is 0 Å². The SMILES string of the molecule is CC(C)(C)c1ccc(=O)n(CC2CN(C(=O)Cc3c[nH]c4ccccc34)C2)n1. The molecule has 1 fully saturated rings. The number of H-pyrrole nitrogens is 1. The van der Waals surface area contributed by atoms with E-state index in [-0.39, 0.29) is 22.8 Å². The monoisotopic (exact) mass is 378 g/mol. The second-order valence-corrected chi connectivity index (χ2v) is 8.69. The van der Waals surface area contributed by atoms with E-state index in [4.69, 9.17) is 0 Å². The molecule has 2 aromatic heterocycles. The molecule has 0 bridgehead atoms. The van der Waals surface area contributed by atoms with Crippen molar-refractivity contribution < 1.29 is 4.79 Å². The zero-order valence-electron chi connectivity index (χ0n) is 16.6. The van der Waals surface area contributed by atoms with Crippen LogP contribution in [0, 0.1) is 5.92 Å². The second kappa shape index (κ2) is 6.93. The number of benzene rings is 1. The van der Waals surface area contributed by atoms with Crippen LogP contribution in [0.15, 0.2) is 47.4 Å². The van der Waals surface area contributed by atoms with Gasteiger partial charge in [-0.25, -0.2) is 4.68 Å². The van der Waals surface area contributed by atoms with Crippen LogP contribution in [0.5, 0.6) is 0 Å². The molecule has 4 rings (SSSR count). The van der Waals surface area contributed by atoms with E-state index in [9.17, 15) is 9.59 Å². The van der Waals surface area contributed by atoms with Gasteiger partial charge in [-0.2, -0.15) is 5.10 Å². The predicted octanol–water partition coefficient (Wildman–Crippen LogP) is 2.72. The Labute approximate surface area is 164 Å². The summed E-state index contributed by atoms with van der Waals surface area (Å²) in [6.45, 7) is 8.15. The van der Waals surface area contributed by atoms with Gasteiger partial charge in [-0.05, 0) is 17.7 Å². The summed E-state index contributed by atoms with van der Waals surface area (Å²) in [6, 6.07) is 11.4. The highest BCUT2D eigenvalue weighted by molar-refractivity contribution is 5.89. The molecule has 0 spiro atoms. The maximum atomic E-state index is 12.6. The van der Waals surface area contributed by atoms with E-state index in [2.05, 4.69) is 30.9 Å². The first-order chi connectivity index (χ1) is 13.3. The minimum Gasteiger partial charge on any atom is -0.361 e. The summed E-state index contributed by atoms with van der Waals surface area (Å²) in [5.41, 5.74) is 2.79. The standard InChI is InChI=1S/C22H26N4O2/c1-22(2,3)19-8-9-20(27)26(24-19)14-15-12-25(13-15)21(28)10-16-11-23-18-7-5-4-6-17(16)18/h4-9,11,15,23H,10,12-14H2,1-3H3. The molecule has 1 N–H and O–H groups in total. The summed E-state index contributed by atoms with van der Waals surface area (Å²) in [5, 5.41) is 5.63. The minimum absolute atomic E-state index is 0.0865. The summed E-state index contributed by atoms with van der Waals surface area (Å²) in [6.07, 6.45) is 2.32. The lowest BCUT2D eigenvalue weighted by molar-refractivity contribution is -0.137. The zero-order valence-corrected chi connectivity index (χ0v) is 16.6. The number of nitrogens with one attached hydrogen (secondary N) is 1. The molecular formula is C22H26N4O2. The van der Waals surface area contributed by atoms with Crippen LogP contribution in [0.4, 0.5) is 0 Å². The maximum Gasteiger partial charge on any atom is 0.266 e. The van der Waals surface area contributed by atoms with Crippen LogP contribution in [-0.4, -0.2) is 38.7 Å². The van der Waals surface area contributed by atoms with Crippen molar-refractivity contribution in [2.45, 2.75) is 39.2 Å². The van der Waals surface area contributed by atoms with E-state index in [0.717, 1.165) is 22.2 Å². The Balaban J connectivity index is 1.37. The highest BCUT2D eigenvalue weighted by atomic mass is 16.2. The van der Waals surface area contributed by atoms with Gasteiger partial charge in [0.15, 0.2) is 0 Å². The second-order valence-electron chi connectivity index (χ2n) is 8.69. The third-order valence-corrected chi connectivity index (χ3v) is 5.39. The molecule has 0 unspecified atom stereocenters. The van der Waals surface area contributed by atoms with Crippen LogP contribution in [0.2, 0.25) is 0 Å². The number of rotatable bonds is 4. The number of amides is 1. The average molecular weight is 378 g/mol. The molecule has 0 atom stereocenters. The zero-order chi connectivity index (χ0) is 19.9. The fraction of sp³-hybridized carbons (Fsp3) is 0.409. The Kier molecular flexibility index (Phi) is 4.57. The molecule has 1 amide bonds. The number of carbonyl (C=O) groups excluding carboxylic acids is 1. The van der Waals surface area contributed by atoms with Crippen molar-refractivity contribution in [2.75, 3.05) is 13.1 Å². The molecule has 1 aliphatic rings. The average Bonchev–Trinajstić information content (AvgIpc) is 3.01. The smallest absolute Gasteiger partial charge is 0.266 e. The molecule has 0 saturated carbocycles. The number of hydrogen-bond acceptors (Lipinski definition) is 3. The fourth-order valence-electron chi connectivity index (χ4n) is 3.67. The molecule has 1 saturated heterocycles. The van der Waals surface area contributed by atoms with E-state index in [1.54, 1.807) is 16.8 Å². The van der Waals surface area contributed by atoms with Gasteiger partial charge in [-0.1, -0.05) is 39.0 Å². The Morgan fingerprint density at radius 2 is 1.93 bits per heavy atom. The molecule has 6 heteroatoms. The number of aromatic amines is 1. The highest BCUT2D eigenvalue weighted by Crippen LogP contribution is 2.23. The molecule has 1 aliphatic heterocycles. The Bertz CT molecular complexity index is 1070. The fourth-order valence-corrected chi connectivity index (χ4v) is 3.67. The number of hydrogen-bond donors (Lipinski definition) is 1. The lowest BCUT2D eigenvalue weighted by atomic mass is 9.92. The predicted molar refractivity (Wildman–Crippen MR) is 109 cm³/mol. The van der Waals surface area contributed by atoms with Crippen LogP contribution in [0.25, 0.3) is 10.9 Å². The van der Waals surface area contributed by atoms with Crippen molar-refractivity contribution in [1.29, 1.82) is 0 Å². The number of likely N-dealkylation sites (tertiary alicyclic amines) is 1. The van der Waals surface area contributed by atoms with Crippen molar-refractivity contribution in [3.8, 4) is 0 Å². The van der Waals surface area contributed by atoms with E-state index in [0.29, 0.717) is 26.1 Å². The number of fused-ring (bicyclic) bond motifs is 1. The Hall–Kier alpha value is -2.89. The quantitative estimate of drug-likeness (QED) is 0.759. The number of nitrogens with zero attached hydrogens (tertiary/aromatic N) is 3. The van der Waals surface area contributed by atoms with Crippen LogP contribution in [-0.2, 0) is 23.2 Å². The third-order valence-electron chi connectivity index (χ3n) is 5.39. The first kappa shape index (κ1) is 18.5. The molecule has 3 aromatic rings. The molecule has 6 nitrogen and oxygen atoms in total. The molecule has 3 heterocycles. The molecule has 0 radical (unpaired) electrons. The van der Waals surface area contributed by atoms with Gasteiger partial charge < -0.3 is 9.88 Å². The molecule has 146 valence electrons. The topological polar surface area (TPSA) is 71.0 Å². The maximum absolute atomic E-state index is 12.6. The van der Waals surface area contributed by atoms with Gasteiger partial charge in [0.05, 0.1) is 18.7 Å². The number of para-hydroxylation sites is 1. The summed E-state index contributed by atoms with van der Waals surface area (Å²) in [4.78, 5) is 29.8. The van der Waals surface area contributed by atoms with Gasteiger partial charge in [-0.15, -0.1) is 0 Å². The highest BCUT2D eigenvalue weighted by Gasteiger charge is 2.31. The third kappa shape index (κ3) is 3.59. The largest absolute Gasteiger partial charge is 0.361 e. The number of carbonyl (C=O) groups is 1. The molecule has 1 aromatic carbocycles. The lowest BCUT2D eigenvalue weighted by Gasteiger charge is -2.39. The van der Waals surface area contributed by atoms with Crippen LogP contribution in [0.3, 0.4) is 0 Å². The van der Waals surface area contributed by atoms with E-state index in [1.165, 1.54) is 0 Å². The minimum atomic E-state index is -0.101. The summed E-state index contributed by atoms with van der Waals surface area (Å²) < 4.78 is 1.55. The van der Waals surface area contributed by atoms with Crippen molar-refractivity contribution >= 4 is 16.8 Å². The van der Waals surface area contributed by atoms with Crippen molar-refractivity contribution in [2.24, 2.45) is 5.92 Å². The van der Waals surface area contributed by atoms with Crippen molar-refractivity contribution in [1.82, 2.24) is 19.7 Å². The summed E-state index contributed by atoms with van der Waals surface area (Å²) in [5.74, 6) is 0.400. The van der Waals surface area contributed by atoms with Gasteiger partial charge in [-0.3, -0.25) is 9.59 Å². The van der Waals surface area contributed by atoms with E-state index in [1.807, 2.05) is 35.4 Å². The summed E-state index contributed by atoms with van der Waals surface area (Å²) >= 11 is 0. The lowest BCUT2D eigenvalue weighted by Crippen LogP contribution is -2.52. The van der Waals surface area contributed by atoms with Gasteiger partial charge in [0.1, 0.15) is 0 Å². The Morgan fingerprint density at radius 1 is 1.18 bits per heavy atom. The van der Waals surface area contributed by atoms with Crippen LogP contribution in [0.1, 0.15) is 32.0 Å². The van der Waals surface area contributed by atoms with E-state index >= 15 is 0 Å². The molecule has 0 aliphatic carbocycles. The van der Waals surface area contributed by atoms with Crippen molar-refractivity contribution in [3.05, 3.63) is 64.2 Å². The van der Waals surface area contributed by atoms with Crippen LogP contribution < -0.4 is 5.56 Å².